The molecule has 5 nitrogen and oxygen atoms in total. The normalized spacial score (nSPS) is 10.5. The van der Waals surface area contributed by atoms with Crippen LogP contribution < -0.4 is 14.8 Å². The van der Waals surface area contributed by atoms with Crippen LogP contribution in [-0.2, 0) is 0 Å². The number of benzene rings is 2. The molecule has 1 amide bonds. The molecule has 0 saturated heterocycles. The van der Waals surface area contributed by atoms with Crippen molar-refractivity contribution < 1.29 is 18.7 Å². The van der Waals surface area contributed by atoms with Gasteiger partial charge in [-0.1, -0.05) is 6.07 Å². The van der Waals surface area contributed by atoms with Crippen LogP contribution in [0.2, 0.25) is 0 Å². The number of thiazole rings is 1. The third kappa shape index (κ3) is 3.67. The third-order valence-corrected chi connectivity index (χ3v) is 4.69. The van der Waals surface area contributed by atoms with Gasteiger partial charge in [0, 0.05) is 16.6 Å². The lowest BCUT2D eigenvalue weighted by molar-refractivity contribution is 0.102. The Morgan fingerprint density at radius 3 is 2.58 bits per heavy atom. The Bertz CT molecular complexity index is 956. The molecule has 0 radical (unpaired) electrons. The number of aromatic nitrogens is 1. The van der Waals surface area contributed by atoms with Crippen molar-refractivity contribution in [2.24, 2.45) is 0 Å². The average molecular weight is 372 g/mol. The van der Waals surface area contributed by atoms with E-state index >= 15 is 0 Å². The van der Waals surface area contributed by atoms with Crippen LogP contribution in [0.15, 0.2) is 41.8 Å². The fraction of sp³-hybridized carbons (Fsp3) is 0.158. The molecule has 0 aliphatic heterocycles. The van der Waals surface area contributed by atoms with Crippen LogP contribution in [0.25, 0.3) is 10.6 Å². The summed E-state index contributed by atoms with van der Waals surface area (Å²) in [7, 11) is 3.13. The Morgan fingerprint density at radius 1 is 1.12 bits per heavy atom. The topological polar surface area (TPSA) is 60.5 Å². The Labute approximate surface area is 154 Å². The van der Waals surface area contributed by atoms with Crippen LogP contribution in [-0.4, -0.2) is 25.1 Å². The molecular formula is C19H17FN2O3S. The zero-order chi connectivity index (χ0) is 18.7. The summed E-state index contributed by atoms with van der Waals surface area (Å²) in [4.78, 5) is 16.7. The fourth-order valence-corrected chi connectivity index (χ4v) is 3.14. The molecule has 0 unspecified atom stereocenters. The average Bonchev–Trinajstić information content (AvgIpc) is 3.14. The summed E-state index contributed by atoms with van der Waals surface area (Å²) in [5, 5.41) is 4.98. The van der Waals surface area contributed by atoms with Crippen molar-refractivity contribution in [3.8, 4) is 22.1 Å². The molecule has 0 spiro atoms. The highest BCUT2D eigenvalue weighted by atomic mass is 32.1. The molecule has 1 aromatic heterocycles. The number of rotatable bonds is 5. The molecule has 0 fully saturated rings. The molecule has 0 aliphatic carbocycles. The summed E-state index contributed by atoms with van der Waals surface area (Å²) in [5.41, 5.74) is 1.99. The van der Waals surface area contributed by atoms with Gasteiger partial charge in [-0.25, -0.2) is 9.37 Å². The van der Waals surface area contributed by atoms with Crippen LogP contribution >= 0.6 is 11.3 Å². The van der Waals surface area contributed by atoms with E-state index in [9.17, 15) is 9.18 Å². The maximum Gasteiger partial charge on any atom is 0.275 e. The number of nitrogens with zero attached hydrogens (tertiary/aromatic N) is 1. The fourth-order valence-electron chi connectivity index (χ4n) is 2.35. The number of ether oxygens (including phenoxy) is 2. The second-order valence-corrected chi connectivity index (χ2v) is 6.38. The number of hydrogen-bond acceptors (Lipinski definition) is 5. The highest BCUT2D eigenvalue weighted by Crippen LogP contribution is 2.33. The Kier molecular flexibility index (Phi) is 5.18. The SMILES string of the molecule is COc1ccc(-c2nc(C(=O)Nc3ccc(C)c(F)c3)cs2)cc1OC. The van der Waals surface area contributed by atoms with Crippen LogP contribution in [0.1, 0.15) is 16.1 Å². The molecule has 0 saturated carbocycles. The van der Waals surface area contributed by atoms with E-state index in [0.717, 1.165) is 5.56 Å². The lowest BCUT2D eigenvalue weighted by Crippen LogP contribution is -2.12. The largest absolute Gasteiger partial charge is 0.493 e. The van der Waals surface area contributed by atoms with Crippen molar-refractivity contribution >= 4 is 22.9 Å². The lowest BCUT2D eigenvalue weighted by Gasteiger charge is -2.08. The molecule has 0 aliphatic rings. The number of anilines is 1. The minimum atomic E-state index is -0.392. The number of hydrogen-bond donors (Lipinski definition) is 1. The van der Waals surface area contributed by atoms with Gasteiger partial charge < -0.3 is 14.8 Å². The molecule has 1 N–H and O–H groups in total. The van der Waals surface area contributed by atoms with Gasteiger partial charge in [0.15, 0.2) is 11.5 Å². The number of carbonyl (C=O) groups excluding carboxylic acids is 1. The number of methoxy groups -OCH3 is 2. The summed E-state index contributed by atoms with van der Waals surface area (Å²) < 4.78 is 24.1. The van der Waals surface area contributed by atoms with Gasteiger partial charge >= 0.3 is 0 Å². The first-order valence-corrected chi connectivity index (χ1v) is 8.65. The minimum absolute atomic E-state index is 0.265. The van der Waals surface area contributed by atoms with Crippen LogP contribution in [0.4, 0.5) is 10.1 Å². The van der Waals surface area contributed by atoms with E-state index < -0.39 is 5.91 Å². The maximum atomic E-state index is 13.6. The molecular weight excluding hydrogens is 355 g/mol. The lowest BCUT2D eigenvalue weighted by atomic mass is 10.2. The smallest absolute Gasteiger partial charge is 0.275 e. The molecule has 7 heteroatoms. The summed E-state index contributed by atoms with van der Waals surface area (Å²) in [6, 6.07) is 9.98. The van der Waals surface area contributed by atoms with E-state index in [1.54, 1.807) is 50.8 Å². The number of nitrogens with one attached hydrogen (secondary N) is 1. The van der Waals surface area contributed by atoms with Gasteiger partial charge in [-0.2, -0.15) is 0 Å². The summed E-state index contributed by atoms with van der Waals surface area (Å²) in [5.74, 6) is 0.442. The number of carbonyl (C=O) groups is 1. The van der Waals surface area contributed by atoms with Crippen LogP contribution in [0.3, 0.4) is 0 Å². The Morgan fingerprint density at radius 2 is 1.88 bits per heavy atom. The molecule has 26 heavy (non-hydrogen) atoms. The second-order valence-electron chi connectivity index (χ2n) is 5.53. The third-order valence-electron chi connectivity index (χ3n) is 3.80. The number of amides is 1. The quantitative estimate of drug-likeness (QED) is 0.715. The molecule has 1 heterocycles. The molecule has 0 bridgehead atoms. The Hall–Kier alpha value is -2.93. The van der Waals surface area contributed by atoms with Gasteiger partial charge in [0.25, 0.3) is 5.91 Å². The van der Waals surface area contributed by atoms with Crippen LogP contribution in [0.5, 0.6) is 11.5 Å². The van der Waals surface area contributed by atoms with Crippen molar-refractivity contribution in [2.75, 3.05) is 19.5 Å². The van der Waals surface area contributed by atoms with E-state index in [-0.39, 0.29) is 11.5 Å². The van der Waals surface area contributed by atoms with Crippen molar-refractivity contribution in [3.05, 3.63) is 58.9 Å². The van der Waals surface area contributed by atoms with E-state index in [0.29, 0.717) is 27.8 Å². The predicted octanol–water partition coefficient (Wildman–Crippen LogP) is 4.53. The van der Waals surface area contributed by atoms with Gasteiger partial charge in [-0.05, 0) is 42.8 Å². The first-order chi connectivity index (χ1) is 12.5. The van der Waals surface area contributed by atoms with Gasteiger partial charge in [-0.3, -0.25) is 4.79 Å². The van der Waals surface area contributed by atoms with Crippen molar-refractivity contribution in [1.29, 1.82) is 0 Å². The number of aryl methyl sites for hydroxylation is 1. The molecule has 0 atom stereocenters. The minimum Gasteiger partial charge on any atom is -0.493 e. The van der Waals surface area contributed by atoms with E-state index in [2.05, 4.69) is 10.3 Å². The monoisotopic (exact) mass is 372 g/mol. The zero-order valence-corrected chi connectivity index (χ0v) is 15.3. The predicted molar refractivity (Wildman–Crippen MR) is 99.7 cm³/mol. The summed E-state index contributed by atoms with van der Waals surface area (Å²) in [6.45, 7) is 1.66. The van der Waals surface area contributed by atoms with E-state index in [1.807, 2.05) is 6.07 Å². The molecule has 3 rings (SSSR count). The van der Waals surface area contributed by atoms with E-state index in [4.69, 9.17) is 9.47 Å². The Balaban J connectivity index is 1.80. The second kappa shape index (κ2) is 7.53. The van der Waals surface area contributed by atoms with Gasteiger partial charge in [-0.15, -0.1) is 11.3 Å². The first-order valence-electron chi connectivity index (χ1n) is 7.77. The van der Waals surface area contributed by atoms with Crippen LogP contribution in [0, 0.1) is 12.7 Å². The molecule has 134 valence electrons. The first kappa shape index (κ1) is 17.9. The zero-order valence-electron chi connectivity index (χ0n) is 14.5. The van der Waals surface area contributed by atoms with E-state index in [1.165, 1.54) is 17.4 Å². The highest BCUT2D eigenvalue weighted by molar-refractivity contribution is 7.13. The summed E-state index contributed by atoms with van der Waals surface area (Å²) in [6.07, 6.45) is 0. The van der Waals surface area contributed by atoms with Crippen molar-refractivity contribution in [3.63, 3.8) is 0 Å². The maximum absolute atomic E-state index is 13.6. The highest BCUT2D eigenvalue weighted by Gasteiger charge is 2.14. The molecule has 2 aromatic carbocycles. The van der Waals surface area contributed by atoms with Gasteiger partial charge in [0.05, 0.1) is 14.2 Å². The van der Waals surface area contributed by atoms with Crippen molar-refractivity contribution in [1.82, 2.24) is 4.98 Å². The molecule has 3 aromatic rings. The van der Waals surface area contributed by atoms with Gasteiger partial charge in [0.1, 0.15) is 16.5 Å². The van der Waals surface area contributed by atoms with Gasteiger partial charge in [0.2, 0.25) is 0 Å². The summed E-state index contributed by atoms with van der Waals surface area (Å²) >= 11 is 1.34. The number of halogens is 1. The standard InChI is InChI=1S/C19H17FN2O3S/c1-11-4-6-13(9-14(11)20)21-18(23)15-10-26-19(22-15)12-5-7-16(24-2)17(8-12)25-3/h4-10H,1-3H3,(H,21,23). The van der Waals surface area contributed by atoms with Crippen molar-refractivity contribution in [2.45, 2.75) is 6.92 Å².